The molecule has 0 radical (unpaired) electrons. The number of nitriles is 1. The molecule has 1 aliphatic heterocycles. The molecule has 0 aromatic heterocycles. The second-order valence-electron chi connectivity index (χ2n) is 6.82. The Hall–Kier alpha value is -3.13. The lowest BCUT2D eigenvalue weighted by molar-refractivity contribution is 0.322. The zero-order valence-corrected chi connectivity index (χ0v) is 15.7. The molecule has 2 aliphatic rings. The van der Waals surface area contributed by atoms with Gasteiger partial charge in [-0.2, -0.15) is 5.26 Å². The van der Waals surface area contributed by atoms with Gasteiger partial charge in [0.25, 0.3) is 0 Å². The molecule has 3 atom stereocenters. The maximum atomic E-state index is 9.56. The number of anilines is 1. The van der Waals surface area contributed by atoms with Gasteiger partial charge in [0, 0.05) is 5.92 Å². The minimum Gasteiger partial charge on any atom is -0.493 e. The first-order chi connectivity index (χ1) is 13.2. The maximum Gasteiger partial charge on any atom is 0.203 e. The van der Waals surface area contributed by atoms with Crippen molar-refractivity contribution < 1.29 is 14.2 Å². The molecule has 0 spiro atoms. The summed E-state index contributed by atoms with van der Waals surface area (Å²) in [5.74, 6) is 2.51. The first-order valence-corrected chi connectivity index (χ1v) is 8.98. The lowest BCUT2D eigenvalue weighted by atomic mass is 9.76. The number of hydrogen-bond acceptors (Lipinski definition) is 5. The summed E-state index contributed by atoms with van der Waals surface area (Å²) in [5, 5.41) is 13.2. The fraction of sp³-hybridized carbons (Fsp3) is 0.318. The van der Waals surface area contributed by atoms with Crippen LogP contribution in [-0.2, 0) is 0 Å². The highest BCUT2D eigenvalue weighted by molar-refractivity contribution is 5.68. The third kappa shape index (κ3) is 2.69. The van der Waals surface area contributed by atoms with E-state index >= 15 is 0 Å². The Labute approximate surface area is 159 Å². The number of fused-ring (bicyclic) bond motifs is 3. The average Bonchev–Trinajstić information content (AvgIpc) is 3.21. The van der Waals surface area contributed by atoms with E-state index in [-0.39, 0.29) is 6.04 Å². The highest BCUT2D eigenvalue weighted by atomic mass is 16.5. The van der Waals surface area contributed by atoms with Crippen LogP contribution in [0.25, 0.3) is 0 Å². The highest BCUT2D eigenvalue weighted by Crippen LogP contribution is 2.52. The van der Waals surface area contributed by atoms with Crippen LogP contribution >= 0.6 is 0 Å². The first kappa shape index (κ1) is 17.3. The van der Waals surface area contributed by atoms with E-state index in [1.54, 1.807) is 21.3 Å². The van der Waals surface area contributed by atoms with E-state index in [1.165, 1.54) is 5.56 Å². The fourth-order valence-corrected chi connectivity index (χ4v) is 4.33. The van der Waals surface area contributed by atoms with Gasteiger partial charge in [-0.3, -0.25) is 0 Å². The van der Waals surface area contributed by atoms with Crippen molar-refractivity contribution in [2.45, 2.75) is 18.4 Å². The Kier molecular flexibility index (Phi) is 4.41. The number of para-hydroxylation sites is 1. The van der Waals surface area contributed by atoms with Gasteiger partial charge < -0.3 is 19.5 Å². The summed E-state index contributed by atoms with van der Waals surface area (Å²) >= 11 is 0. The summed E-state index contributed by atoms with van der Waals surface area (Å²) in [6.07, 6.45) is 5.47. The molecule has 1 N–H and O–H groups in total. The van der Waals surface area contributed by atoms with Crippen molar-refractivity contribution in [2.75, 3.05) is 26.6 Å². The van der Waals surface area contributed by atoms with Crippen LogP contribution in [0.15, 0.2) is 42.5 Å². The average molecular weight is 362 g/mol. The van der Waals surface area contributed by atoms with E-state index < -0.39 is 0 Å². The lowest BCUT2D eigenvalue weighted by Crippen LogP contribution is -2.29. The molecular weight excluding hydrogens is 340 g/mol. The zero-order valence-electron chi connectivity index (χ0n) is 15.7. The predicted molar refractivity (Wildman–Crippen MR) is 104 cm³/mol. The van der Waals surface area contributed by atoms with Crippen LogP contribution in [-0.4, -0.2) is 21.3 Å². The monoisotopic (exact) mass is 362 g/mol. The molecule has 5 heteroatoms. The van der Waals surface area contributed by atoms with Crippen molar-refractivity contribution in [1.82, 2.24) is 0 Å². The Morgan fingerprint density at radius 1 is 1.07 bits per heavy atom. The van der Waals surface area contributed by atoms with Gasteiger partial charge in [-0.15, -0.1) is 0 Å². The van der Waals surface area contributed by atoms with E-state index in [9.17, 15) is 5.26 Å². The van der Waals surface area contributed by atoms with Gasteiger partial charge in [0.1, 0.15) is 6.07 Å². The summed E-state index contributed by atoms with van der Waals surface area (Å²) in [5.41, 5.74) is 3.84. The van der Waals surface area contributed by atoms with Gasteiger partial charge in [-0.1, -0.05) is 24.3 Å². The predicted octanol–water partition coefficient (Wildman–Crippen LogP) is 4.41. The number of ether oxygens (including phenoxy) is 3. The second-order valence-corrected chi connectivity index (χ2v) is 6.82. The molecular formula is C22H22N2O3. The first-order valence-electron chi connectivity index (χ1n) is 8.98. The minimum absolute atomic E-state index is 0.0423. The summed E-state index contributed by atoms with van der Waals surface area (Å²) in [6, 6.07) is 12.3. The van der Waals surface area contributed by atoms with Crippen LogP contribution < -0.4 is 19.5 Å². The number of benzene rings is 2. The lowest BCUT2D eigenvalue weighted by Gasteiger charge is -2.38. The van der Waals surface area contributed by atoms with E-state index in [0.717, 1.165) is 17.7 Å². The standard InChI is InChI=1S/C22H22N2O3/c1-25-18-10-14(11-19(26-2)22(18)27-3)21-17-9-5-7-15(17)16-8-4-6-13(12-23)20(16)24-21/h4-8,10-11,15,17,21,24H,9H2,1-3H3. The van der Waals surface area contributed by atoms with Gasteiger partial charge in [-0.05, 0) is 41.7 Å². The molecule has 0 bridgehead atoms. The third-order valence-corrected chi connectivity index (χ3v) is 5.56. The molecule has 2 aromatic rings. The maximum absolute atomic E-state index is 9.56. The Morgan fingerprint density at radius 3 is 2.44 bits per heavy atom. The topological polar surface area (TPSA) is 63.5 Å². The zero-order chi connectivity index (χ0) is 19.0. The van der Waals surface area contributed by atoms with E-state index in [2.05, 4.69) is 29.6 Å². The molecule has 0 amide bonds. The molecule has 0 saturated heterocycles. The number of methoxy groups -OCH3 is 3. The largest absolute Gasteiger partial charge is 0.493 e. The van der Waals surface area contributed by atoms with E-state index in [1.807, 2.05) is 24.3 Å². The molecule has 1 heterocycles. The van der Waals surface area contributed by atoms with Crippen molar-refractivity contribution in [3.05, 3.63) is 59.2 Å². The van der Waals surface area contributed by atoms with Gasteiger partial charge in [0.15, 0.2) is 11.5 Å². The summed E-state index contributed by atoms with van der Waals surface area (Å²) in [6.45, 7) is 0. The van der Waals surface area contributed by atoms with Crippen LogP contribution in [0.5, 0.6) is 17.2 Å². The highest BCUT2D eigenvalue weighted by Gasteiger charge is 2.39. The summed E-state index contributed by atoms with van der Waals surface area (Å²) in [7, 11) is 4.85. The van der Waals surface area contributed by atoms with E-state index in [0.29, 0.717) is 34.6 Å². The van der Waals surface area contributed by atoms with Gasteiger partial charge in [0.2, 0.25) is 5.75 Å². The molecule has 27 heavy (non-hydrogen) atoms. The number of nitrogens with one attached hydrogen (secondary N) is 1. The van der Waals surface area contributed by atoms with Gasteiger partial charge in [-0.25, -0.2) is 0 Å². The van der Waals surface area contributed by atoms with Crippen molar-refractivity contribution >= 4 is 5.69 Å². The SMILES string of the molecule is COc1cc(C2Nc3c(C#N)cccc3C3C=CCC32)cc(OC)c1OC. The Bertz CT molecular complexity index is 920. The molecule has 0 fully saturated rings. The van der Waals surface area contributed by atoms with Crippen molar-refractivity contribution in [3.63, 3.8) is 0 Å². The molecule has 138 valence electrons. The molecule has 5 nitrogen and oxygen atoms in total. The Morgan fingerprint density at radius 2 is 1.81 bits per heavy atom. The van der Waals surface area contributed by atoms with Crippen LogP contribution in [0.3, 0.4) is 0 Å². The molecule has 2 aromatic carbocycles. The molecule has 1 aliphatic carbocycles. The molecule has 0 saturated carbocycles. The van der Waals surface area contributed by atoms with Crippen molar-refractivity contribution in [2.24, 2.45) is 5.92 Å². The normalized spacial score (nSPS) is 22.2. The van der Waals surface area contributed by atoms with Gasteiger partial charge >= 0.3 is 0 Å². The number of hydrogen-bond donors (Lipinski definition) is 1. The number of allylic oxidation sites excluding steroid dienone is 2. The quantitative estimate of drug-likeness (QED) is 0.816. The molecule has 3 unspecified atom stereocenters. The molecule has 4 rings (SSSR count). The third-order valence-electron chi connectivity index (χ3n) is 5.56. The van der Waals surface area contributed by atoms with Crippen molar-refractivity contribution in [3.8, 4) is 23.3 Å². The van der Waals surface area contributed by atoms with Crippen LogP contribution in [0.4, 0.5) is 5.69 Å². The minimum atomic E-state index is 0.0423. The smallest absolute Gasteiger partial charge is 0.203 e. The Balaban J connectivity index is 1.84. The van der Waals surface area contributed by atoms with E-state index in [4.69, 9.17) is 14.2 Å². The number of rotatable bonds is 4. The van der Waals surface area contributed by atoms with Crippen LogP contribution in [0, 0.1) is 17.2 Å². The van der Waals surface area contributed by atoms with Crippen LogP contribution in [0.1, 0.15) is 35.1 Å². The summed E-state index contributed by atoms with van der Waals surface area (Å²) < 4.78 is 16.5. The summed E-state index contributed by atoms with van der Waals surface area (Å²) in [4.78, 5) is 0. The number of nitrogens with zero attached hydrogens (tertiary/aromatic N) is 1. The van der Waals surface area contributed by atoms with Crippen LogP contribution in [0.2, 0.25) is 0 Å². The van der Waals surface area contributed by atoms with Gasteiger partial charge in [0.05, 0.1) is 38.6 Å². The van der Waals surface area contributed by atoms with Crippen molar-refractivity contribution in [1.29, 1.82) is 5.26 Å². The second kappa shape index (κ2) is 6.88. The fourth-order valence-electron chi connectivity index (χ4n) is 4.33.